The molecule has 1 aromatic heterocycles. The molecule has 0 saturated heterocycles. The van der Waals surface area contributed by atoms with E-state index in [9.17, 15) is 4.79 Å². The first-order chi connectivity index (χ1) is 9.65. The summed E-state index contributed by atoms with van der Waals surface area (Å²) >= 11 is 3.37. The first-order valence-corrected chi connectivity index (χ1v) is 7.33. The van der Waals surface area contributed by atoms with Gasteiger partial charge in [-0.05, 0) is 32.0 Å². The van der Waals surface area contributed by atoms with Crippen LogP contribution in [-0.2, 0) is 16.0 Å². The van der Waals surface area contributed by atoms with Crippen LogP contribution < -0.4 is 5.56 Å². The zero-order valence-electron chi connectivity index (χ0n) is 11.5. The van der Waals surface area contributed by atoms with Crippen molar-refractivity contribution in [3.05, 3.63) is 39.4 Å². The predicted molar refractivity (Wildman–Crippen MR) is 80.7 cm³/mol. The molecule has 6 heteroatoms. The fourth-order valence-electron chi connectivity index (χ4n) is 1.95. The van der Waals surface area contributed by atoms with Gasteiger partial charge in [-0.15, -0.1) is 0 Å². The van der Waals surface area contributed by atoms with Crippen LogP contribution in [0.15, 0.2) is 33.8 Å². The number of ether oxygens (including phenoxy) is 2. The van der Waals surface area contributed by atoms with Gasteiger partial charge in [0.05, 0.1) is 23.8 Å². The molecule has 5 nitrogen and oxygen atoms in total. The van der Waals surface area contributed by atoms with Crippen molar-refractivity contribution in [2.24, 2.45) is 0 Å². The van der Waals surface area contributed by atoms with Crippen LogP contribution in [0.3, 0.4) is 0 Å². The molecule has 20 heavy (non-hydrogen) atoms. The maximum atomic E-state index is 12.4. The van der Waals surface area contributed by atoms with Gasteiger partial charge < -0.3 is 9.47 Å². The van der Waals surface area contributed by atoms with Crippen molar-refractivity contribution in [1.29, 1.82) is 0 Å². The molecular weight excluding hydrogens is 324 g/mol. The number of hydrogen-bond acceptors (Lipinski definition) is 4. The van der Waals surface area contributed by atoms with E-state index in [1.165, 1.54) is 10.9 Å². The number of benzene rings is 1. The van der Waals surface area contributed by atoms with E-state index < -0.39 is 6.29 Å². The van der Waals surface area contributed by atoms with E-state index in [-0.39, 0.29) is 5.56 Å². The second-order valence-electron chi connectivity index (χ2n) is 4.20. The summed E-state index contributed by atoms with van der Waals surface area (Å²) in [7, 11) is 0. The summed E-state index contributed by atoms with van der Waals surface area (Å²) in [6.45, 7) is 5.18. The highest BCUT2D eigenvalue weighted by Gasteiger charge is 2.12. The summed E-state index contributed by atoms with van der Waals surface area (Å²) in [5.41, 5.74) is 0.583. The van der Waals surface area contributed by atoms with Crippen molar-refractivity contribution in [3.8, 4) is 0 Å². The van der Waals surface area contributed by atoms with Crippen LogP contribution in [0.4, 0.5) is 0 Å². The second kappa shape index (κ2) is 6.97. The lowest BCUT2D eigenvalue weighted by Gasteiger charge is -2.18. The Labute approximate surface area is 125 Å². The minimum Gasteiger partial charge on any atom is -0.351 e. The Morgan fingerprint density at radius 2 is 2.00 bits per heavy atom. The van der Waals surface area contributed by atoms with Gasteiger partial charge in [0.25, 0.3) is 5.56 Å². The lowest BCUT2D eigenvalue weighted by molar-refractivity contribution is -0.144. The zero-order valence-corrected chi connectivity index (χ0v) is 13.1. The lowest BCUT2D eigenvalue weighted by Crippen LogP contribution is -2.30. The van der Waals surface area contributed by atoms with E-state index in [1.54, 1.807) is 6.07 Å². The van der Waals surface area contributed by atoms with Crippen LogP contribution in [0.1, 0.15) is 13.8 Å². The Kier molecular flexibility index (Phi) is 5.28. The molecule has 108 valence electrons. The summed E-state index contributed by atoms with van der Waals surface area (Å²) in [4.78, 5) is 16.7. The fourth-order valence-corrected chi connectivity index (χ4v) is 2.31. The molecule has 0 unspecified atom stereocenters. The van der Waals surface area contributed by atoms with Gasteiger partial charge >= 0.3 is 0 Å². The Bertz CT molecular complexity index is 636. The fraction of sp³-hybridized carbons (Fsp3) is 0.429. The van der Waals surface area contributed by atoms with Gasteiger partial charge in [0.1, 0.15) is 0 Å². The van der Waals surface area contributed by atoms with Gasteiger partial charge in [0.2, 0.25) is 0 Å². The van der Waals surface area contributed by atoms with Crippen molar-refractivity contribution in [2.45, 2.75) is 26.7 Å². The average Bonchev–Trinajstić information content (AvgIpc) is 2.43. The highest BCUT2D eigenvalue weighted by molar-refractivity contribution is 9.10. The molecule has 1 heterocycles. The molecule has 0 aliphatic rings. The van der Waals surface area contributed by atoms with E-state index >= 15 is 0 Å². The van der Waals surface area contributed by atoms with E-state index in [4.69, 9.17) is 9.47 Å². The lowest BCUT2D eigenvalue weighted by atomic mass is 10.2. The number of fused-ring (bicyclic) bond motifs is 1. The molecule has 2 aromatic rings. The quantitative estimate of drug-likeness (QED) is 0.758. The molecule has 0 aliphatic carbocycles. The van der Waals surface area contributed by atoms with Crippen molar-refractivity contribution in [2.75, 3.05) is 13.2 Å². The van der Waals surface area contributed by atoms with Crippen LogP contribution in [-0.4, -0.2) is 29.1 Å². The third kappa shape index (κ3) is 3.45. The largest absolute Gasteiger partial charge is 0.351 e. The van der Waals surface area contributed by atoms with Gasteiger partial charge in [-0.2, -0.15) is 0 Å². The van der Waals surface area contributed by atoms with Crippen molar-refractivity contribution in [3.63, 3.8) is 0 Å². The minimum atomic E-state index is -0.436. The first kappa shape index (κ1) is 15.2. The van der Waals surface area contributed by atoms with Gasteiger partial charge in [0, 0.05) is 17.7 Å². The molecule has 0 radical (unpaired) electrons. The van der Waals surface area contributed by atoms with Gasteiger partial charge in [0.15, 0.2) is 6.29 Å². The number of rotatable bonds is 6. The third-order valence-corrected chi connectivity index (χ3v) is 3.33. The normalized spacial score (nSPS) is 11.4. The van der Waals surface area contributed by atoms with E-state index in [1.807, 2.05) is 26.0 Å². The molecule has 0 fully saturated rings. The predicted octanol–water partition coefficient (Wildman–Crippen LogP) is 2.56. The Hall–Kier alpha value is -1.24. The number of nitrogens with zero attached hydrogens (tertiary/aromatic N) is 2. The molecule has 0 aliphatic heterocycles. The molecule has 2 rings (SSSR count). The average molecular weight is 341 g/mol. The molecule has 0 N–H and O–H groups in total. The second-order valence-corrected chi connectivity index (χ2v) is 5.12. The SMILES string of the molecule is CCOC(Cn1cnc2ccc(Br)cc2c1=O)OCC. The van der Waals surface area contributed by atoms with Crippen molar-refractivity contribution >= 4 is 26.8 Å². The van der Waals surface area contributed by atoms with E-state index in [2.05, 4.69) is 20.9 Å². The molecular formula is C14H17BrN2O3. The van der Waals surface area contributed by atoms with Gasteiger partial charge in [-0.25, -0.2) is 4.98 Å². The monoisotopic (exact) mass is 340 g/mol. The van der Waals surface area contributed by atoms with E-state index in [0.717, 1.165) is 4.47 Å². The smallest absolute Gasteiger partial charge is 0.261 e. The maximum Gasteiger partial charge on any atom is 0.261 e. The summed E-state index contributed by atoms with van der Waals surface area (Å²) in [5, 5.41) is 0.577. The molecule has 0 bridgehead atoms. The van der Waals surface area contributed by atoms with Gasteiger partial charge in [-0.3, -0.25) is 9.36 Å². The highest BCUT2D eigenvalue weighted by atomic mass is 79.9. The maximum absolute atomic E-state index is 12.4. The summed E-state index contributed by atoms with van der Waals surface area (Å²) in [6.07, 6.45) is 1.10. The number of halogens is 1. The van der Waals surface area contributed by atoms with Crippen molar-refractivity contribution in [1.82, 2.24) is 9.55 Å². The van der Waals surface area contributed by atoms with Gasteiger partial charge in [-0.1, -0.05) is 15.9 Å². The molecule has 0 amide bonds. The van der Waals surface area contributed by atoms with Crippen LogP contribution in [0.25, 0.3) is 10.9 Å². The molecule has 0 saturated carbocycles. The summed E-state index contributed by atoms with van der Waals surface area (Å²) in [6, 6.07) is 5.45. The van der Waals surface area contributed by atoms with Crippen LogP contribution in [0.2, 0.25) is 0 Å². The van der Waals surface area contributed by atoms with Crippen LogP contribution in [0, 0.1) is 0 Å². The Morgan fingerprint density at radius 3 is 2.65 bits per heavy atom. The number of aromatic nitrogens is 2. The van der Waals surface area contributed by atoms with Crippen LogP contribution in [0.5, 0.6) is 0 Å². The van der Waals surface area contributed by atoms with Crippen LogP contribution >= 0.6 is 15.9 Å². The number of hydrogen-bond donors (Lipinski definition) is 0. The summed E-state index contributed by atoms with van der Waals surface area (Å²) in [5.74, 6) is 0. The van der Waals surface area contributed by atoms with E-state index in [0.29, 0.717) is 30.7 Å². The Balaban J connectivity index is 2.34. The molecule has 1 aromatic carbocycles. The zero-order chi connectivity index (χ0) is 14.5. The first-order valence-electron chi connectivity index (χ1n) is 6.53. The van der Waals surface area contributed by atoms with Crippen molar-refractivity contribution < 1.29 is 9.47 Å². The topological polar surface area (TPSA) is 53.4 Å². The molecule has 0 atom stereocenters. The highest BCUT2D eigenvalue weighted by Crippen LogP contribution is 2.15. The Morgan fingerprint density at radius 1 is 1.30 bits per heavy atom. The standard InChI is InChI=1S/C14H17BrN2O3/c1-3-19-13(20-4-2)8-17-9-16-12-6-5-10(15)7-11(12)14(17)18/h5-7,9,13H,3-4,8H2,1-2H3. The summed E-state index contributed by atoms with van der Waals surface area (Å²) < 4.78 is 13.3. The third-order valence-electron chi connectivity index (χ3n) is 2.84. The molecule has 0 spiro atoms. The minimum absolute atomic E-state index is 0.0966.